The molecule has 4 rings (SSSR count). The molecular weight excluding hydrogens is 570 g/mol. The molecule has 8 heteroatoms. The second-order valence-electron chi connectivity index (χ2n) is 10.8. The summed E-state index contributed by atoms with van der Waals surface area (Å²) in [5.74, 6) is -0.745. The van der Waals surface area contributed by atoms with E-state index >= 15 is 0 Å². The first-order valence-electron chi connectivity index (χ1n) is 15.1. The van der Waals surface area contributed by atoms with Crippen molar-refractivity contribution in [3.05, 3.63) is 131 Å². The predicted octanol–water partition coefficient (Wildman–Crippen LogP) is 5.92. The molecule has 7 nitrogen and oxygen atoms in total. The van der Waals surface area contributed by atoms with Crippen molar-refractivity contribution in [2.75, 3.05) is 17.4 Å². The number of nitrogens with zero attached hydrogens (tertiary/aromatic N) is 2. The van der Waals surface area contributed by atoms with Crippen LogP contribution in [0.5, 0.6) is 0 Å². The Hall–Kier alpha value is -4.43. The van der Waals surface area contributed by atoms with Crippen molar-refractivity contribution < 1.29 is 18.0 Å². The SMILES string of the molecule is CCCNC(=O)[C@H](Cc1ccccc1)N(Cc1ccccc1)C(=O)CN(c1ccccc1CC)S(=O)(=O)c1ccc(C)cc1. The first-order valence-corrected chi connectivity index (χ1v) is 16.5. The minimum absolute atomic E-state index is 0.0953. The van der Waals surface area contributed by atoms with E-state index in [1.807, 2.05) is 93.6 Å². The molecule has 0 aliphatic carbocycles. The fourth-order valence-corrected chi connectivity index (χ4v) is 6.56. The molecule has 1 atom stereocenters. The number of aryl methyl sites for hydroxylation is 2. The van der Waals surface area contributed by atoms with Gasteiger partial charge >= 0.3 is 0 Å². The number of nitrogens with one attached hydrogen (secondary N) is 1. The molecule has 0 radical (unpaired) electrons. The van der Waals surface area contributed by atoms with Crippen LogP contribution < -0.4 is 9.62 Å². The van der Waals surface area contributed by atoms with Gasteiger partial charge in [0.05, 0.1) is 10.6 Å². The highest BCUT2D eigenvalue weighted by molar-refractivity contribution is 7.92. The number of para-hydroxylation sites is 1. The highest BCUT2D eigenvalue weighted by Gasteiger charge is 2.35. The molecule has 0 unspecified atom stereocenters. The fraction of sp³-hybridized carbons (Fsp3) is 0.278. The van der Waals surface area contributed by atoms with Crippen LogP contribution in [0.2, 0.25) is 0 Å². The molecule has 0 aromatic heterocycles. The molecule has 0 bridgehead atoms. The third kappa shape index (κ3) is 8.14. The van der Waals surface area contributed by atoms with E-state index in [0.717, 1.165) is 28.7 Å². The Labute approximate surface area is 261 Å². The first kappa shape index (κ1) is 32.5. The van der Waals surface area contributed by atoms with Crippen molar-refractivity contribution in [1.82, 2.24) is 10.2 Å². The Kier molecular flexibility index (Phi) is 11.3. The van der Waals surface area contributed by atoms with Gasteiger partial charge in [0.25, 0.3) is 10.0 Å². The number of carbonyl (C=O) groups excluding carboxylic acids is 2. The molecule has 230 valence electrons. The van der Waals surface area contributed by atoms with E-state index in [1.54, 1.807) is 36.4 Å². The van der Waals surface area contributed by atoms with Crippen LogP contribution in [0.15, 0.2) is 114 Å². The Morgan fingerprint density at radius 2 is 1.36 bits per heavy atom. The summed E-state index contributed by atoms with van der Waals surface area (Å²) in [5.41, 5.74) is 3.90. The lowest BCUT2D eigenvalue weighted by Gasteiger charge is -2.34. The van der Waals surface area contributed by atoms with Crippen molar-refractivity contribution in [3.63, 3.8) is 0 Å². The van der Waals surface area contributed by atoms with Gasteiger partial charge in [0.15, 0.2) is 0 Å². The standard InChI is InChI=1S/C36H41N3O4S/c1-4-24-37-36(41)34(25-29-14-8-6-9-15-29)38(26-30-16-10-7-11-17-30)35(40)27-39(33-19-13-12-18-31(33)5-2)44(42,43)32-22-20-28(3)21-23-32/h6-23,34H,4-5,24-27H2,1-3H3,(H,37,41)/t34-/m0/s1. The monoisotopic (exact) mass is 611 g/mol. The van der Waals surface area contributed by atoms with E-state index < -0.39 is 28.5 Å². The molecule has 4 aromatic rings. The van der Waals surface area contributed by atoms with Gasteiger partial charge in [-0.3, -0.25) is 13.9 Å². The Balaban J connectivity index is 1.81. The number of sulfonamides is 1. The molecule has 44 heavy (non-hydrogen) atoms. The highest BCUT2D eigenvalue weighted by Crippen LogP contribution is 2.28. The van der Waals surface area contributed by atoms with Gasteiger partial charge in [0.1, 0.15) is 12.6 Å². The maximum atomic E-state index is 14.5. The third-order valence-corrected chi connectivity index (χ3v) is 9.32. The van der Waals surface area contributed by atoms with Crippen LogP contribution in [0.3, 0.4) is 0 Å². The summed E-state index contributed by atoms with van der Waals surface area (Å²) in [6.07, 6.45) is 1.60. The van der Waals surface area contributed by atoms with Crippen LogP contribution in [-0.4, -0.2) is 44.3 Å². The molecular formula is C36H41N3O4S. The van der Waals surface area contributed by atoms with Crippen molar-refractivity contribution >= 4 is 27.5 Å². The van der Waals surface area contributed by atoms with Crippen LogP contribution in [0.1, 0.15) is 42.5 Å². The van der Waals surface area contributed by atoms with Gasteiger partial charge in [-0.25, -0.2) is 8.42 Å². The van der Waals surface area contributed by atoms with E-state index in [-0.39, 0.29) is 23.8 Å². The number of carbonyl (C=O) groups is 2. The molecule has 2 amide bonds. The minimum atomic E-state index is -4.14. The van der Waals surface area contributed by atoms with Crippen molar-refractivity contribution in [3.8, 4) is 0 Å². The highest BCUT2D eigenvalue weighted by atomic mass is 32.2. The number of rotatable bonds is 14. The number of hydrogen-bond acceptors (Lipinski definition) is 4. The van der Waals surface area contributed by atoms with Crippen LogP contribution in [0.25, 0.3) is 0 Å². The summed E-state index contributed by atoms with van der Waals surface area (Å²) in [6.45, 7) is 5.96. The molecule has 0 aliphatic heterocycles. The Bertz CT molecular complexity index is 1630. The largest absolute Gasteiger partial charge is 0.354 e. The molecule has 0 aliphatic rings. The number of hydrogen-bond donors (Lipinski definition) is 1. The number of amides is 2. The molecule has 0 saturated carbocycles. The van der Waals surface area contributed by atoms with Gasteiger partial charge in [0, 0.05) is 19.5 Å². The van der Waals surface area contributed by atoms with Gasteiger partial charge in [-0.1, -0.05) is 110 Å². The van der Waals surface area contributed by atoms with Crippen LogP contribution in [0.4, 0.5) is 5.69 Å². The minimum Gasteiger partial charge on any atom is -0.354 e. The lowest BCUT2D eigenvalue weighted by Crippen LogP contribution is -2.53. The molecule has 0 fully saturated rings. The molecule has 1 N–H and O–H groups in total. The summed E-state index contributed by atoms with van der Waals surface area (Å²) < 4.78 is 29.7. The lowest BCUT2D eigenvalue weighted by atomic mass is 10.0. The fourth-order valence-electron chi connectivity index (χ4n) is 5.10. The topological polar surface area (TPSA) is 86.8 Å². The molecule has 4 aromatic carbocycles. The maximum Gasteiger partial charge on any atom is 0.264 e. The van der Waals surface area contributed by atoms with Crippen molar-refractivity contribution in [2.45, 2.75) is 57.5 Å². The van der Waals surface area contributed by atoms with Gasteiger partial charge in [-0.05, 0) is 54.7 Å². The van der Waals surface area contributed by atoms with Crippen molar-refractivity contribution in [2.24, 2.45) is 0 Å². The zero-order valence-corrected chi connectivity index (χ0v) is 26.5. The van der Waals surface area contributed by atoms with Crippen molar-refractivity contribution in [1.29, 1.82) is 0 Å². The zero-order valence-electron chi connectivity index (χ0n) is 25.6. The van der Waals surface area contributed by atoms with E-state index in [9.17, 15) is 18.0 Å². The van der Waals surface area contributed by atoms with Gasteiger partial charge in [-0.2, -0.15) is 0 Å². The maximum absolute atomic E-state index is 14.5. The van der Waals surface area contributed by atoms with Gasteiger partial charge < -0.3 is 10.2 Å². The molecule has 0 saturated heterocycles. The molecule has 0 spiro atoms. The van der Waals surface area contributed by atoms with E-state index in [1.165, 1.54) is 9.21 Å². The summed E-state index contributed by atoms with van der Waals surface area (Å²) in [5, 5.41) is 2.97. The lowest BCUT2D eigenvalue weighted by molar-refractivity contribution is -0.140. The van der Waals surface area contributed by atoms with E-state index in [2.05, 4.69) is 5.32 Å². The average molecular weight is 612 g/mol. The van der Waals surface area contributed by atoms with Crippen LogP contribution in [-0.2, 0) is 39.0 Å². The smallest absolute Gasteiger partial charge is 0.264 e. The van der Waals surface area contributed by atoms with E-state index in [0.29, 0.717) is 18.7 Å². The summed E-state index contributed by atoms with van der Waals surface area (Å²) in [6, 6.07) is 32.0. The zero-order chi connectivity index (χ0) is 31.5. The molecule has 0 heterocycles. The Morgan fingerprint density at radius 1 is 0.773 bits per heavy atom. The summed E-state index contributed by atoms with van der Waals surface area (Å²) >= 11 is 0. The van der Waals surface area contributed by atoms with Gasteiger partial charge in [-0.15, -0.1) is 0 Å². The average Bonchev–Trinajstić information content (AvgIpc) is 3.05. The first-order chi connectivity index (χ1) is 21.2. The third-order valence-electron chi connectivity index (χ3n) is 7.55. The second kappa shape index (κ2) is 15.3. The van der Waals surface area contributed by atoms with Gasteiger partial charge in [0.2, 0.25) is 11.8 Å². The van der Waals surface area contributed by atoms with Crippen LogP contribution >= 0.6 is 0 Å². The van der Waals surface area contributed by atoms with E-state index in [4.69, 9.17) is 0 Å². The normalized spacial score (nSPS) is 11.9. The summed E-state index contributed by atoms with van der Waals surface area (Å²) in [4.78, 5) is 29.8. The second-order valence-corrected chi connectivity index (χ2v) is 12.7. The quantitative estimate of drug-likeness (QED) is 0.192. The number of benzene rings is 4. The Morgan fingerprint density at radius 3 is 1.98 bits per heavy atom. The summed E-state index contributed by atoms with van der Waals surface area (Å²) in [7, 11) is -4.14. The number of anilines is 1. The predicted molar refractivity (Wildman–Crippen MR) is 176 cm³/mol. The van der Waals surface area contributed by atoms with Crippen LogP contribution in [0, 0.1) is 6.92 Å².